The molecule has 0 aromatic heterocycles. The molecule has 0 radical (unpaired) electrons. The van der Waals surface area contributed by atoms with E-state index in [9.17, 15) is 0 Å². The Hall–Kier alpha value is 1.64. The Morgan fingerprint density at radius 2 is 0.667 bits per heavy atom. The van der Waals surface area contributed by atoms with Crippen LogP contribution in [0.3, 0.4) is 0 Å². The third-order valence-electron chi connectivity index (χ3n) is 3.13. The lowest BCUT2D eigenvalue weighted by atomic mass is 11.7. The van der Waals surface area contributed by atoms with Crippen molar-refractivity contribution in [2.24, 2.45) is 0 Å². The summed E-state index contributed by atoms with van der Waals surface area (Å²) >= 11 is 0. The first-order valence-electron chi connectivity index (χ1n) is 7.85. The van der Waals surface area contributed by atoms with E-state index in [1.54, 1.807) is 23.7 Å². The highest BCUT2D eigenvalue weighted by Gasteiger charge is 2.30. The average molecular weight is 410 g/mol. The Morgan fingerprint density at radius 1 is 0.476 bits per heavy atom. The van der Waals surface area contributed by atoms with Crippen molar-refractivity contribution >= 4 is 65.1 Å². The first-order chi connectivity index (χ1) is 8.97. The lowest BCUT2D eigenvalue weighted by Gasteiger charge is -2.36. The smallest absolute Gasteiger partial charge is 0.0699 e. The highest BCUT2D eigenvalue weighted by molar-refractivity contribution is 8.44. The zero-order chi connectivity index (χ0) is 17.3. The number of rotatable bonds is 6. The van der Waals surface area contributed by atoms with Crippen molar-refractivity contribution in [2.75, 3.05) is 0 Å². The Kier molecular flexibility index (Phi) is 8.28. The molecule has 7 heteroatoms. The van der Waals surface area contributed by atoms with Gasteiger partial charge in [0.05, 0.1) is 32.3 Å². The van der Waals surface area contributed by atoms with Crippen LogP contribution in [-0.4, -0.2) is 41.4 Å². The van der Waals surface area contributed by atoms with Gasteiger partial charge in [0, 0.05) is 0 Å². The summed E-state index contributed by atoms with van der Waals surface area (Å²) in [4.78, 5) is 0. The van der Waals surface area contributed by atoms with Crippen molar-refractivity contribution in [3.8, 4) is 0 Å². The van der Waals surface area contributed by atoms with Crippen LogP contribution < -0.4 is 0 Å². The van der Waals surface area contributed by atoms with Gasteiger partial charge < -0.3 is 7.96 Å². The number of hydrogen-bond donors (Lipinski definition) is 0. The van der Waals surface area contributed by atoms with Crippen LogP contribution in [0.4, 0.5) is 0 Å². The number of hydrogen-bond acceptors (Lipinski definition) is 0. The van der Waals surface area contributed by atoms with E-state index in [0.29, 0.717) is 0 Å². The Balaban J connectivity index is 5.54. The molecular formula is C14H36P3Si4-. The minimum absolute atomic E-state index is 1.12. The van der Waals surface area contributed by atoms with Crippen LogP contribution in [-0.2, 0) is 0 Å². The van der Waals surface area contributed by atoms with Crippen LogP contribution >= 0.6 is 23.7 Å². The molecule has 0 saturated carbocycles. The van der Waals surface area contributed by atoms with E-state index in [2.05, 4.69) is 78.6 Å². The molecule has 0 fully saturated rings. The van der Waals surface area contributed by atoms with Gasteiger partial charge in [-0.2, -0.15) is 0 Å². The van der Waals surface area contributed by atoms with Gasteiger partial charge in [-0.25, -0.2) is 0 Å². The first kappa shape index (κ1) is 22.6. The van der Waals surface area contributed by atoms with Crippen LogP contribution in [0.2, 0.25) is 78.6 Å². The minimum atomic E-state index is -1.12. The molecule has 0 rings (SSSR count). The van der Waals surface area contributed by atoms with Gasteiger partial charge in [-0.1, -0.05) is 87.6 Å². The second kappa shape index (κ2) is 7.68. The van der Waals surface area contributed by atoms with E-state index in [0.717, 1.165) is 0 Å². The molecule has 21 heavy (non-hydrogen) atoms. The van der Waals surface area contributed by atoms with Crippen molar-refractivity contribution in [1.29, 1.82) is 0 Å². The summed E-state index contributed by atoms with van der Waals surface area (Å²) in [6.07, 6.45) is 0. The van der Waals surface area contributed by atoms with Gasteiger partial charge in [-0.15, -0.1) is 0 Å². The molecule has 0 aromatic carbocycles. The van der Waals surface area contributed by atoms with Crippen LogP contribution in [0.5, 0.6) is 0 Å². The standard InChI is InChI=1S/C14H36P3Si4/c1-18(2,3)13(19(4,5)6)15-17-16-14(20(7,8)9)21(10,11)12/h1-12H3/q-1. The van der Waals surface area contributed by atoms with E-state index in [1.807, 2.05) is 9.08 Å². The topological polar surface area (TPSA) is 0 Å². The third-order valence-corrected chi connectivity index (χ3v) is 33.4. The molecule has 0 heterocycles. The molecule has 0 nitrogen and oxygen atoms in total. The summed E-state index contributed by atoms with van der Waals surface area (Å²) in [5, 5.41) is 0. The van der Waals surface area contributed by atoms with Crippen molar-refractivity contribution in [3.63, 3.8) is 0 Å². The second-order valence-corrected chi connectivity index (χ2v) is 37.5. The van der Waals surface area contributed by atoms with E-state index >= 15 is 0 Å². The molecule has 0 saturated heterocycles. The summed E-state index contributed by atoms with van der Waals surface area (Å²) in [5.74, 6) is 0. The summed E-state index contributed by atoms with van der Waals surface area (Å²) in [7, 11) is 0.490. The van der Waals surface area contributed by atoms with Gasteiger partial charge in [-0.3, -0.25) is 15.8 Å². The molecule has 124 valence electrons. The van der Waals surface area contributed by atoms with Crippen LogP contribution in [0.25, 0.3) is 0 Å². The van der Waals surface area contributed by atoms with Gasteiger partial charge in [0.15, 0.2) is 0 Å². The van der Waals surface area contributed by atoms with E-state index < -0.39 is 32.3 Å². The van der Waals surface area contributed by atoms with Gasteiger partial charge in [-0.05, 0) is 0 Å². The normalized spacial score (nSPS) is 15.2. The monoisotopic (exact) mass is 409 g/mol. The molecule has 0 atom stereocenters. The molecule has 0 aliphatic heterocycles. The maximum atomic E-state index is 2.54. The summed E-state index contributed by atoms with van der Waals surface area (Å²) in [5.41, 5.74) is 0. The van der Waals surface area contributed by atoms with Crippen LogP contribution in [0.15, 0.2) is 0 Å². The maximum absolute atomic E-state index is 2.54. The molecule has 0 N–H and O–H groups in total. The lowest BCUT2D eigenvalue weighted by molar-refractivity contribution is 1.79. The fraction of sp³-hybridized carbons (Fsp3) is 0.857. The van der Waals surface area contributed by atoms with Crippen molar-refractivity contribution in [2.45, 2.75) is 78.6 Å². The molecule has 0 unspecified atom stereocenters. The molecule has 0 aliphatic carbocycles. The molecule has 0 amide bonds. The zero-order valence-electron chi connectivity index (χ0n) is 16.3. The van der Waals surface area contributed by atoms with Crippen molar-refractivity contribution < 1.29 is 0 Å². The Morgan fingerprint density at radius 3 is 0.810 bits per heavy atom. The quantitative estimate of drug-likeness (QED) is 0.314. The van der Waals surface area contributed by atoms with Gasteiger partial charge in [0.1, 0.15) is 0 Å². The lowest BCUT2D eigenvalue weighted by Crippen LogP contribution is -2.48. The minimum Gasteiger partial charge on any atom is -0.419 e. The summed E-state index contributed by atoms with van der Waals surface area (Å²) in [6.45, 7) is 30.5. The Labute approximate surface area is 143 Å². The summed E-state index contributed by atoms with van der Waals surface area (Å²) < 4.78 is 3.93. The van der Waals surface area contributed by atoms with Crippen LogP contribution in [0, 0.1) is 0 Å². The molecule has 0 aromatic rings. The highest BCUT2D eigenvalue weighted by Crippen LogP contribution is 2.47. The largest absolute Gasteiger partial charge is 0.419 e. The van der Waals surface area contributed by atoms with Crippen molar-refractivity contribution in [3.05, 3.63) is 0 Å². The second-order valence-electron chi connectivity index (χ2n) is 9.99. The van der Waals surface area contributed by atoms with Crippen LogP contribution in [0.1, 0.15) is 0 Å². The zero-order valence-corrected chi connectivity index (χ0v) is 23.0. The summed E-state index contributed by atoms with van der Waals surface area (Å²) in [6, 6.07) is 0. The van der Waals surface area contributed by atoms with Gasteiger partial charge in [0.25, 0.3) is 0 Å². The highest BCUT2D eigenvalue weighted by atomic mass is 32.4. The molecule has 0 spiro atoms. The molecule has 0 bridgehead atoms. The maximum Gasteiger partial charge on any atom is 0.0699 e. The SMILES string of the molecule is C[Si](C)(C)C(=P[P-]P=C([Si](C)(C)C)[Si](C)(C)C)[Si](C)(C)C. The van der Waals surface area contributed by atoms with E-state index in [1.165, 1.54) is 0 Å². The van der Waals surface area contributed by atoms with Gasteiger partial charge in [0.2, 0.25) is 0 Å². The fourth-order valence-electron chi connectivity index (χ4n) is 2.96. The first-order valence-corrected chi connectivity index (χ1v) is 25.9. The van der Waals surface area contributed by atoms with Crippen molar-refractivity contribution in [1.82, 2.24) is 0 Å². The average Bonchev–Trinajstić information content (AvgIpc) is 2.07. The third kappa shape index (κ3) is 8.34. The van der Waals surface area contributed by atoms with E-state index in [-0.39, 0.29) is 0 Å². The molecule has 0 aliphatic rings. The van der Waals surface area contributed by atoms with E-state index in [4.69, 9.17) is 0 Å². The predicted molar refractivity (Wildman–Crippen MR) is 124 cm³/mol. The molecular weight excluding hydrogens is 373 g/mol. The van der Waals surface area contributed by atoms with Gasteiger partial charge >= 0.3 is 0 Å². The Bertz CT molecular complexity index is 343. The fourth-order valence-corrected chi connectivity index (χ4v) is 44.3. The predicted octanol–water partition coefficient (Wildman–Crippen LogP) is 7.51.